The van der Waals surface area contributed by atoms with E-state index in [2.05, 4.69) is 6.92 Å². The van der Waals surface area contributed by atoms with Crippen molar-refractivity contribution in [3.63, 3.8) is 0 Å². The molecule has 0 unspecified atom stereocenters. The molecule has 0 aliphatic heterocycles. The van der Waals surface area contributed by atoms with Crippen LogP contribution in [0.3, 0.4) is 0 Å². The highest BCUT2D eigenvalue weighted by atomic mass is 19.3. The number of carbonyl (C=O) groups excluding carboxylic acids is 2. The van der Waals surface area contributed by atoms with Crippen LogP contribution in [-0.2, 0) is 9.59 Å². The summed E-state index contributed by atoms with van der Waals surface area (Å²) in [6, 6.07) is 0. The van der Waals surface area contributed by atoms with E-state index in [0.29, 0.717) is 25.0 Å². The highest BCUT2D eigenvalue weighted by molar-refractivity contribution is 5.86. The fourth-order valence-electron chi connectivity index (χ4n) is 6.78. The van der Waals surface area contributed by atoms with Gasteiger partial charge in [-0.05, 0) is 48.9 Å². The molecule has 0 spiro atoms. The van der Waals surface area contributed by atoms with E-state index in [1.165, 1.54) is 0 Å². The maximum absolute atomic E-state index is 14.5. The maximum Gasteiger partial charge on any atom is 0.254 e. The van der Waals surface area contributed by atoms with E-state index in [9.17, 15) is 18.4 Å². The molecule has 6 atom stereocenters. The fraction of sp³-hybridized carbons (Fsp3) is 0.895. The minimum atomic E-state index is -2.71. The van der Waals surface area contributed by atoms with E-state index in [-0.39, 0.29) is 47.7 Å². The van der Waals surface area contributed by atoms with Crippen LogP contribution >= 0.6 is 0 Å². The molecule has 4 rings (SSSR count). The molecule has 0 radical (unpaired) electrons. The molecule has 23 heavy (non-hydrogen) atoms. The summed E-state index contributed by atoms with van der Waals surface area (Å²) < 4.78 is 29.0. The van der Waals surface area contributed by atoms with Crippen molar-refractivity contribution in [2.24, 2.45) is 34.5 Å². The zero-order valence-corrected chi connectivity index (χ0v) is 14.0. The molecule has 4 aliphatic rings. The molecule has 4 fully saturated rings. The van der Waals surface area contributed by atoms with Crippen LogP contribution in [0, 0.1) is 34.5 Å². The Morgan fingerprint density at radius 1 is 1.04 bits per heavy atom. The molecular weight excluding hydrogens is 298 g/mol. The summed E-state index contributed by atoms with van der Waals surface area (Å²) in [6.07, 6.45) is 4.20. The third-order valence-corrected chi connectivity index (χ3v) is 8.16. The Balaban J connectivity index is 1.72. The molecule has 0 aromatic carbocycles. The number of halogens is 2. The fourth-order valence-corrected chi connectivity index (χ4v) is 6.78. The first kappa shape index (κ1) is 15.7. The average molecular weight is 324 g/mol. The number of Topliss-reactive ketones (excluding diaryl/α,β-unsaturated/α-hetero) is 2. The second-order valence-corrected chi connectivity index (χ2v) is 9.07. The van der Waals surface area contributed by atoms with E-state index in [4.69, 9.17) is 0 Å². The highest BCUT2D eigenvalue weighted by Crippen LogP contribution is 2.68. The minimum Gasteiger partial charge on any atom is -0.300 e. The van der Waals surface area contributed by atoms with E-state index in [1.54, 1.807) is 6.92 Å². The van der Waals surface area contributed by atoms with Gasteiger partial charge in [-0.1, -0.05) is 13.8 Å². The van der Waals surface area contributed by atoms with Gasteiger partial charge in [0.1, 0.15) is 11.6 Å². The summed E-state index contributed by atoms with van der Waals surface area (Å²) in [7, 11) is 0. The molecule has 0 bridgehead atoms. The van der Waals surface area contributed by atoms with Crippen molar-refractivity contribution >= 4 is 11.6 Å². The van der Waals surface area contributed by atoms with Gasteiger partial charge in [0.05, 0.1) is 0 Å². The first-order valence-electron chi connectivity index (χ1n) is 9.11. The number of rotatable bonds is 0. The van der Waals surface area contributed by atoms with Crippen molar-refractivity contribution in [3.05, 3.63) is 0 Å². The molecule has 4 aliphatic carbocycles. The Hall–Kier alpha value is -0.800. The van der Waals surface area contributed by atoms with Gasteiger partial charge in [0, 0.05) is 37.0 Å². The third kappa shape index (κ3) is 1.90. The molecule has 0 saturated heterocycles. The standard InChI is InChI=1S/C19H26F2O2/c1-17-7-5-12(22)9-11(17)3-4-13-14-6-8-19(20,21)18(14,2)10-15(23)16(13)17/h11,13-14,16H,3-10H2,1-2H3/t11-,13-,14-,16+,17-,18-/m0/s1. The number of ketones is 2. The summed E-state index contributed by atoms with van der Waals surface area (Å²) in [5, 5.41) is 0. The Morgan fingerprint density at radius 2 is 1.78 bits per heavy atom. The van der Waals surface area contributed by atoms with Gasteiger partial charge in [0.2, 0.25) is 0 Å². The monoisotopic (exact) mass is 324 g/mol. The van der Waals surface area contributed by atoms with Gasteiger partial charge in [0.25, 0.3) is 5.92 Å². The SMILES string of the molecule is C[C@]12CCC(=O)C[C@@H]1CC[C@@H]1[C@@H]2C(=O)C[C@@]2(C)[C@H]1CCC2(F)F. The lowest BCUT2D eigenvalue weighted by Gasteiger charge is -2.58. The second-order valence-electron chi connectivity index (χ2n) is 9.07. The lowest BCUT2D eigenvalue weighted by atomic mass is 9.45. The predicted molar refractivity (Wildman–Crippen MR) is 82.1 cm³/mol. The number of fused-ring (bicyclic) bond motifs is 5. The molecule has 4 heteroatoms. The topological polar surface area (TPSA) is 34.1 Å². The summed E-state index contributed by atoms with van der Waals surface area (Å²) in [6.45, 7) is 3.81. The molecule has 0 aromatic heterocycles. The van der Waals surface area contributed by atoms with Crippen LogP contribution in [0.25, 0.3) is 0 Å². The van der Waals surface area contributed by atoms with Crippen molar-refractivity contribution in [2.75, 3.05) is 0 Å². The Morgan fingerprint density at radius 3 is 2.52 bits per heavy atom. The minimum absolute atomic E-state index is 0.0299. The van der Waals surface area contributed by atoms with E-state index in [0.717, 1.165) is 19.3 Å². The summed E-state index contributed by atoms with van der Waals surface area (Å²) in [5.74, 6) is -2.09. The van der Waals surface area contributed by atoms with Crippen LogP contribution in [0.1, 0.15) is 65.2 Å². The van der Waals surface area contributed by atoms with E-state index in [1.807, 2.05) is 0 Å². The predicted octanol–water partition coefficient (Wildman–Crippen LogP) is 4.41. The average Bonchev–Trinajstić information content (AvgIpc) is 2.69. The zero-order valence-electron chi connectivity index (χ0n) is 14.0. The quantitative estimate of drug-likeness (QED) is 0.661. The number of hydrogen-bond acceptors (Lipinski definition) is 2. The zero-order chi connectivity index (χ0) is 16.6. The molecule has 0 amide bonds. The van der Waals surface area contributed by atoms with Crippen LogP contribution in [0.15, 0.2) is 0 Å². The normalized spacial score (nSPS) is 51.8. The van der Waals surface area contributed by atoms with Gasteiger partial charge in [-0.3, -0.25) is 9.59 Å². The van der Waals surface area contributed by atoms with Crippen molar-refractivity contribution in [1.29, 1.82) is 0 Å². The Kier molecular flexibility index (Phi) is 3.17. The number of carbonyl (C=O) groups is 2. The molecule has 0 heterocycles. The summed E-state index contributed by atoms with van der Waals surface area (Å²) in [5.41, 5.74) is -1.29. The summed E-state index contributed by atoms with van der Waals surface area (Å²) >= 11 is 0. The number of hydrogen-bond donors (Lipinski definition) is 0. The third-order valence-electron chi connectivity index (χ3n) is 8.16. The van der Waals surface area contributed by atoms with E-state index >= 15 is 0 Å². The summed E-state index contributed by atoms with van der Waals surface area (Å²) in [4.78, 5) is 24.8. The van der Waals surface area contributed by atoms with Gasteiger partial charge < -0.3 is 0 Å². The highest BCUT2D eigenvalue weighted by Gasteiger charge is 2.68. The van der Waals surface area contributed by atoms with Crippen molar-refractivity contribution in [2.45, 2.75) is 71.1 Å². The van der Waals surface area contributed by atoms with Gasteiger partial charge in [-0.2, -0.15) is 0 Å². The second kappa shape index (κ2) is 4.64. The van der Waals surface area contributed by atoms with Gasteiger partial charge in [-0.25, -0.2) is 8.78 Å². The number of alkyl halides is 2. The lowest BCUT2D eigenvalue weighted by Crippen LogP contribution is -2.58. The first-order valence-corrected chi connectivity index (χ1v) is 9.11. The van der Waals surface area contributed by atoms with Crippen LogP contribution < -0.4 is 0 Å². The first-order chi connectivity index (χ1) is 10.7. The van der Waals surface area contributed by atoms with Crippen molar-refractivity contribution in [1.82, 2.24) is 0 Å². The smallest absolute Gasteiger partial charge is 0.254 e. The Labute approximate surface area is 136 Å². The van der Waals surface area contributed by atoms with Crippen molar-refractivity contribution in [3.8, 4) is 0 Å². The molecule has 128 valence electrons. The molecule has 2 nitrogen and oxygen atoms in total. The van der Waals surface area contributed by atoms with Crippen molar-refractivity contribution < 1.29 is 18.4 Å². The van der Waals surface area contributed by atoms with Crippen LogP contribution in [0.4, 0.5) is 8.78 Å². The maximum atomic E-state index is 14.5. The van der Waals surface area contributed by atoms with Crippen LogP contribution in [-0.4, -0.2) is 17.5 Å². The molecule has 4 saturated carbocycles. The largest absolute Gasteiger partial charge is 0.300 e. The molecule has 0 N–H and O–H groups in total. The van der Waals surface area contributed by atoms with Crippen LogP contribution in [0.2, 0.25) is 0 Å². The molecule has 0 aromatic rings. The van der Waals surface area contributed by atoms with E-state index < -0.39 is 11.3 Å². The van der Waals surface area contributed by atoms with Gasteiger partial charge >= 0.3 is 0 Å². The van der Waals surface area contributed by atoms with Gasteiger partial charge in [0.15, 0.2) is 0 Å². The lowest BCUT2D eigenvalue weighted by molar-refractivity contribution is -0.180. The molecular formula is C19H26F2O2. The van der Waals surface area contributed by atoms with Crippen LogP contribution in [0.5, 0.6) is 0 Å². The Bertz CT molecular complexity index is 572. The van der Waals surface area contributed by atoms with Gasteiger partial charge in [-0.15, -0.1) is 0 Å².